The summed E-state index contributed by atoms with van der Waals surface area (Å²) in [6.07, 6.45) is 2.06. The zero-order valence-corrected chi connectivity index (χ0v) is 4.42. The summed E-state index contributed by atoms with van der Waals surface area (Å²) >= 11 is 0. The normalized spacial score (nSPS) is 31.9. The third-order valence-corrected chi connectivity index (χ3v) is 1.50. The van der Waals surface area contributed by atoms with Gasteiger partial charge in [0.25, 0.3) is 0 Å². The van der Waals surface area contributed by atoms with Gasteiger partial charge in [-0.3, -0.25) is 4.90 Å². The number of aldehydes is 1. The van der Waals surface area contributed by atoms with Crippen molar-refractivity contribution in [3.8, 4) is 0 Å². The zero-order valence-electron chi connectivity index (χ0n) is 4.42. The lowest BCUT2D eigenvalue weighted by Crippen LogP contribution is -2.45. The quantitative estimate of drug-likeness (QED) is 0.427. The molecule has 0 aliphatic carbocycles. The van der Waals surface area contributed by atoms with Crippen LogP contribution in [0.2, 0.25) is 0 Å². The van der Waals surface area contributed by atoms with Gasteiger partial charge in [0.2, 0.25) is 0 Å². The number of likely N-dealkylation sites (N-methyl/N-ethyl adjacent to an activating group) is 1. The van der Waals surface area contributed by atoms with E-state index in [-0.39, 0.29) is 6.04 Å². The van der Waals surface area contributed by atoms with Gasteiger partial charge in [-0.1, -0.05) is 0 Å². The number of hydrogen-bond acceptors (Lipinski definition) is 2. The van der Waals surface area contributed by atoms with Crippen molar-refractivity contribution in [1.29, 1.82) is 0 Å². The molecule has 2 nitrogen and oxygen atoms in total. The first-order valence-electron chi connectivity index (χ1n) is 2.50. The Morgan fingerprint density at radius 1 is 1.86 bits per heavy atom. The lowest BCUT2D eigenvalue weighted by molar-refractivity contribution is -0.115. The van der Waals surface area contributed by atoms with Gasteiger partial charge in [0.1, 0.15) is 6.29 Å². The van der Waals surface area contributed by atoms with Crippen molar-refractivity contribution in [2.45, 2.75) is 12.5 Å². The lowest BCUT2D eigenvalue weighted by atomic mass is 10.1. The summed E-state index contributed by atoms with van der Waals surface area (Å²) in [6.45, 7) is 1.09. The molecule has 1 fully saturated rings. The average molecular weight is 99.1 g/mol. The highest BCUT2D eigenvalue weighted by atomic mass is 16.1. The Balaban J connectivity index is 2.28. The maximum Gasteiger partial charge on any atom is 0.137 e. The first-order chi connectivity index (χ1) is 3.34. The molecule has 1 atom stereocenters. The zero-order chi connectivity index (χ0) is 5.28. The van der Waals surface area contributed by atoms with E-state index in [1.807, 2.05) is 11.9 Å². The van der Waals surface area contributed by atoms with E-state index in [0.717, 1.165) is 19.3 Å². The third kappa shape index (κ3) is 0.657. The second-order valence-corrected chi connectivity index (χ2v) is 1.97. The van der Waals surface area contributed by atoms with Gasteiger partial charge in [0.05, 0.1) is 6.04 Å². The molecule has 0 amide bonds. The molecule has 0 aromatic carbocycles. The lowest BCUT2D eigenvalue weighted by Gasteiger charge is -2.33. The molecule has 0 spiro atoms. The summed E-state index contributed by atoms with van der Waals surface area (Å²) in [5.41, 5.74) is 0. The first kappa shape index (κ1) is 4.78. The number of nitrogens with zero attached hydrogens (tertiary/aromatic N) is 1. The Hall–Kier alpha value is -0.370. The van der Waals surface area contributed by atoms with Gasteiger partial charge in [0.15, 0.2) is 0 Å². The van der Waals surface area contributed by atoms with Crippen LogP contribution in [0.1, 0.15) is 6.42 Å². The van der Waals surface area contributed by atoms with Gasteiger partial charge in [-0.2, -0.15) is 0 Å². The van der Waals surface area contributed by atoms with Gasteiger partial charge < -0.3 is 4.79 Å². The van der Waals surface area contributed by atoms with E-state index < -0.39 is 0 Å². The van der Waals surface area contributed by atoms with E-state index in [1.165, 1.54) is 0 Å². The molecule has 1 aliphatic rings. The fourth-order valence-electron chi connectivity index (χ4n) is 0.708. The molecule has 0 saturated carbocycles. The topological polar surface area (TPSA) is 20.3 Å². The summed E-state index contributed by atoms with van der Waals surface area (Å²) in [6, 6.07) is 0.236. The molecular formula is C5H9NO. The van der Waals surface area contributed by atoms with E-state index >= 15 is 0 Å². The maximum atomic E-state index is 9.96. The molecule has 2 heteroatoms. The van der Waals surface area contributed by atoms with E-state index in [4.69, 9.17) is 0 Å². The fraction of sp³-hybridized carbons (Fsp3) is 0.800. The molecule has 0 radical (unpaired) electrons. The van der Waals surface area contributed by atoms with Crippen LogP contribution in [0, 0.1) is 0 Å². The molecule has 7 heavy (non-hydrogen) atoms. The van der Waals surface area contributed by atoms with E-state index in [2.05, 4.69) is 0 Å². The van der Waals surface area contributed by atoms with Gasteiger partial charge in [-0.25, -0.2) is 0 Å². The molecule has 0 aromatic rings. The van der Waals surface area contributed by atoms with Crippen molar-refractivity contribution >= 4 is 6.29 Å². The smallest absolute Gasteiger partial charge is 0.137 e. The number of hydrogen-bond donors (Lipinski definition) is 0. The molecule has 0 aromatic heterocycles. The predicted octanol–water partition coefficient (Wildman–Crippen LogP) is -0.111. The predicted molar refractivity (Wildman–Crippen MR) is 27.1 cm³/mol. The third-order valence-electron chi connectivity index (χ3n) is 1.50. The van der Waals surface area contributed by atoms with Crippen LogP contribution < -0.4 is 0 Å². The van der Waals surface area contributed by atoms with Gasteiger partial charge in [0, 0.05) is 6.54 Å². The van der Waals surface area contributed by atoms with Crippen molar-refractivity contribution in [2.75, 3.05) is 13.6 Å². The summed E-state index contributed by atoms with van der Waals surface area (Å²) in [5.74, 6) is 0. The minimum atomic E-state index is 0.236. The van der Waals surface area contributed by atoms with Crippen LogP contribution in [0.15, 0.2) is 0 Å². The average Bonchev–Trinajstić information content (AvgIpc) is 1.65. The molecule has 0 bridgehead atoms. The highest BCUT2D eigenvalue weighted by Crippen LogP contribution is 2.10. The van der Waals surface area contributed by atoms with Crippen LogP contribution in [0.5, 0.6) is 0 Å². The van der Waals surface area contributed by atoms with Crippen LogP contribution in [0.3, 0.4) is 0 Å². The number of rotatable bonds is 1. The summed E-state index contributed by atoms with van der Waals surface area (Å²) in [7, 11) is 1.96. The monoisotopic (exact) mass is 99.1 g/mol. The van der Waals surface area contributed by atoms with Crippen molar-refractivity contribution in [2.24, 2.45) is 0 Å². The summed E-state index contributed by atoms with van der Waals surface area (Å²) in [5, 5.41) is 0. The largest absolute Gasteiger partial charge is 0.302 e. The SMILES string of the molecule is CN1CCC1C=O. The Morgan fingerprint density at radius 3 is 2.57 bits per heavy atom. The number of likely N-dealkylation sites (tertiary alicyclic amines) is 1. The van der Waals surface area contributed by atoms with Crippen LogP contribution in [-0.2, 0) is 4.79 Å². The van der Waals surface area contributed by atoms with Crippen molar-refractivity contribution in [3.05, 3.63) is 0 Å². The molecule has 1 unspecified atom stereocenters. The second kappa shape index (κ2) is 1.62. The molecule has 0 N–H and O–H groups in total. The summed E-state index contributed by atoms with van der Waals surface area (Å²) in [4.78, 5) is 12.0. The minimum absolute atomic E-state index is 0.236. The second-order valence-electron chi connectivity index (χ2n) is 1.97. The maximum absolute atomic E-state index is 9.96. The van der Waals surface area contributed by atoms with Gasteiger partial charge in [-0.05, 0) is 13.5 Å². The number of carbonyl (C=O) groups is 1. The van der Waals surface area contributed by atoms with E-state index in [9.17, 15) is 4.79 Å². The van der Waals surface area contributed by atoms with Gasteiger partial charge in [-0.15, -0.1) is 0 Å². The Kier molecular flexibility index (Phi) is 1.11. The molecular weight excluding hydrogens is 90.1 g/mol. The Morgan fingerprint density at radius 2 is 2.57 bits per heavy atom. The minimum Gasteiger partial charge on any atom is -0.302 e. The molecule has 1 heterocycles. The molecule has 40 valence electrons. The standard InChI is InChI=1S/C5H9NO/c1-6-3-2-5(6)4-7/h4-5H,2-3H2,1H3. The van der Waals surface area contributed by atoms with Crippen molar-refractivity contribution in [1.82, 2.24) is 4.90 Å². The fourth-order valence-corrected chi connectivity index (χ4v) is 0.708. The first-order valence-corrected chi connectivity index (χ1v) is 2.50. The molecule has 1 aliphatic heterocycles. The van der Waals surface area contributed by atoms with Gasteiger partial charge >= 0.3 is 0 Å². The van der Waals surface area contributed by atoms with Crippen LogP contribution in [0.4, 0.5) is 0 Å². The number of carbonyl (C=O) groups excluding carboxylic acids is 1. The van der Waals surface area contributed by atoms with Crippen LogP contribution >= 0.6 is 0 Å². The van der Waals surface area contributed by atoms with Crippen molar-refractivity contribution < 1.29 is 4.79 Å². The highest BCUT2D eigenvalue weighted by molar-refractivity contribution is 5.58. The van der Waals surface area contributed by atoms with E-state index in [1.54, 1.807) is 0 Å². The molecule has 1 saturated heterocycles. The molecule has 1 rings (SSSR count). The Labute approximate surface area is 43.1 Å². The highest BCUT2D eigenvalue weighted by Gasteiger charge is 2.22. The van der Waals surface area contributed by atoms with Crippen molar-refractivity contribution in [3.63, 3.8) is 0 Å². The van der Waals surface area contributed by atoms with Crippen LogP contribution in [-0.4, -0.2) is 30.8 Å². The summed E-state index contributed by atoms with van der Waals surface area (Å²) < 4.78 is 0. The van der Waals surface area contributed by atoms with E-state index in [0.29, 0.717) is 0 Å². The van der Waals surface area contributed by atoms with Crippen LogP contribution in [0.25, 0.3) is 0 Å². The Bertz CT molecular complexity index is 82.1.